The molecule has 112 valence electrons. The minimum atomic E-state index is -1.31. The van der Waals surface area contributed by atoms with Crippen molar-refractivity contribution in [2.45, 2.75) is 20.4 Å². The molecule has 0 bridgehead atoms. The largest absolute Gasteiger partial charge is 0.548 e. The minimum Gasteiger partial charge on any atom is -0.548 e. The molecule has 0 saturated carbocycles. The standard InChI is InChI=1S/C16H14N2O3S/c1-9-3-4-11(5-10(9)2)12-7-22-15-14(12)16(21)18(8-17-15)6-13(19)20/h3-5,7-8H,6H2,1-2H3,(H,19,20)/p-1. The van der Waals surface area contributed by atoms with Gasteiger partial charge in [-0.15, -0.1) is 11.3 Å². The van der Waals surface area contributed by atoms with E-state index in [4.69, 9.17) is 0 Å². The number of rotatable bonds is 3. The summed E-state index contributed by atoms with van der Waals surface area (Å²) in [6.45, 7) is 3.54. The molecule has 0 spiro atoms. The van der Waals surface area contributed by atoms with Crippen molar-refractivity contribution in [1.29, 1.82) is 0 Å². The third kappa shape index (κ3) is 2.42. The molecule has 0 saturated heterocycles. The van der Waals surface area contributed by atoms with Crippen molar-refractivity contribution in [3.63, 3.8) is 0 Å². The van der Waals surface area contributed by atoms with Crippen molar-refractivity contribution in [3.05, 3.63) is 51.4 Å². The zero-order valence-corrected chi connectivity index (χ0v) is 12.9. The molecule has 3 aromatic rings. The van der Waals surface area contributed by atoms with Gasteiger partial charge >= 0.3 is 0 Å². The summed E-state index contributed by atoms with van der Waals surface area (Å²) >= 11 is 1.37. The van der Waals surface area contributed by atoms with Crippen LogP contribution in [0, 0.1) is 13.8 Å². The molecule has 0 atom stereocenters. The number of carbonyl (C=O) groups excluding carboxylic acids is 1. The SMILES string of the molecule is Cc1ccc(-c2csc3ncn(CC(=O)[O-])c(=O)c23)cc1C. The van der Waals surface area contributed by atoms with Crippen molar-refractivity contribution in [2.75, 3.05) is 0 Å². The first-order chi connectivity index (χ1) is 10.5. The number of aliphatic carboxylic acids is 1. The van der Waals surface area contributed by atoms with Crippen LogP contribution in [0.25, 0.3) is 21.3 Å². The molecule has 0 N–H and O–H groups in total. The van der Waals surface area contributed by atoms with Gasteiger partial charge in [0, 0.05) is 10.9 Å². The van der Waals surface area contributed by atoms with E-state index < -0.39 is 12.5 Å². The van der Waals surface area contributed by atoms with E-state index >= 15 is 0 Å². The van der Waals surface area contributed by atoms with E-state index in [0.717, 1.165) is 21.3 Å². The Labute approximate surface area is 130 Å². The molecule has 1 aromatic carbocycles. The maximum Gasteiger partial charge on any atom is 0.263 e. The smallest absolute Gasteiger partial charge is 0.263 e. The fourth-order valence-corrected chi connectivity index (χ4v) is 3.25. The Morgan fingerprint density at radius 3 is 2.77 bits per heavy atom. The van der Waals surface area contributed by atoms with Crippen LogP contribution >= 0.6 is 11.3 Å². The number of hydrogen-bond acceptors (Lipinski definition) is 5. The van der Waals surface area contributed by atoms with Crippen molar-refractivity contribution in [2.24, 2.45) is 0 Å². The van der Waals surface area contributed by atoms with Crippen LogP contribution in [0.2, 0.25) is 0 Å². The lowest BCUT2D eigenvalue weighted by atomic mass is 10.0. The van der Waals surface area contributed by atoms with E-state index in [0.29, 0.717) is 10.2 Å². The summed E-state index contributed by atoms with van der Waals surface area (Å²) < 4.78 is 1.06. The van der Waals surface area contributed by atoms with Gasteiger partial charge in [0.15, 0.2) is 0 Å². The fourth-order valence-electron chi connectivity index (χ4n) is 2.34. The van der Waals surface area contributed by atoms with E-state index in [2.05, 4.69) is 4.98 Å². The van der Waals surface area contributed by atoms with Gasteiger partial charge in [-0.1, -0.05) is 18.2 Å². The quantitative estimate of drug-likeness (QED) is 0.734. The number of carboxylic acids is 1. The molecule has 0 radical (unpaired) electrons. The second-order valence-electron chi connectivity index (χ2n) is 5.18. The molecule has 2 aromatic heterocycles. The molecule has 0 aliphatic carbocycles. The van der Waals surface area contributed by atoms with Gasteiger partial charge in [0.2, 0.25) is 0 Å². The van der Waals surface area contributed by atoms with Crippen LogP contribution in [-0.2, 0) is 11.3 Å². The molecule has 5 nitrogen and oxygen atoms in total. The van der Waals surface area contributed by atoms with Gasteiger partial charge in [-0.25, -0.2) is 4.98 Å². The maximum absolute atomic E-state index is 12.5. The number of nitrogens with zero attached hydrogens (tertiary/aromatic N) is 2. The normalized spacial score (nSPS) is 11.0. The average Bonchev–Trinajstić information content (AvgIpc) is 2.89. The first-order valence-electron chi connectivity index (χ1n) is 6.71. The Morgan fingerprint density at radius 2 is 2.09 bits per heavy atom. The van der Waals surface area contributed by atoms with E-state index in [1.54, 1.807) is 0 Å². The lowest BCUT2D eigenvalue weighted by Crippen LogP contribution is -2.32. The van der Waals surface area contributed by atoms with E-state index in [1.807, 2.05) is 37.4 Å². The number of aromatic nitrogens is 2. The third-order valence-corrected chi connectivity index (χ3v) is 4.56. The molecule has 0 unspecified atom stereocenters. The highest BCUT2D eigenvalue weighted by atomic mass is 32.1. The Kier molecular flexibility index (Phi) is 3.54. The number of carboxylic acid groups (broad SMARTS) is 1. The molecule has 3 rings (SSSR count). The average molecular weight is 313 g/mol. The van der Waals surface area contributed by atoms with Gasteiger partial charge in [0.25, 0.3) is 5.56 Å². The molecular formula is C16H13N2O3S-. The van der Waals surface area contributed by atoms with Crippen molar-refractivity contribution in [3.8, 4) is 11.1 Å². The minimum absolute atomic E-state index is 0.358. The highest BCUT2D eigenvalue weighted by Gasteiger charge is 2.13. The predicted octanol–water partition coefficient (Wildman–Crippen LogP) is 1.49. The molecule has 22 heavy (non-hydrogen) atoms. The zero-order valence-electron chi connectivity index (χ0n) is 12.1. The Bertz CT molecular complexity index is 940. The molecule has 0 aliphatic rings. The van der Waals surface area contributed by atoms with Crippen molar-refractivity contribution in [1.82, 2.24) is 9.55 Å². The summed E-state index contributed by atoms with van der Waals surface area (Å²) in [5.41, 5.74) is 3.67. The molecular weight excluding hydrogens is 300 g/mol. The van der Waals surface area contributed by atoms with Gasteiger partial charge < -0.3 is 9.90 Å². The third-order valence-electron chi connectivity index (χ3n) is 3.68. The van der Waals surface area contributed by atoms with Gasteiger partial charge in [-0.2, -0.15) is 0 Å². The van der Waals surface area contributed by atoms with E-state index in [9.17, 15) is 14.7 Å². The highest BCUT2D eigenvalue weighted by molar-refractivity contribution is 7.17. The summed E-state index contributed by atoms with van der Waals surface area (Å²) in [6.07, 6.45) is 1.25. The first kappa shape index (κ1) is 14.5. The van der Waals surface area contributed by atoms with Gasteiger partial charge in [-0.05, 0) is 30.5 Å². The number of thiophene rings is 1. The summed E-state index contributed by atoms with van der Waals surface area (Å²) in [4.78, 5) is 28.0. The Hall–Kier alpha value is -2.47. The predicted molar refractivity (Wildman–Crippen MR) is 83.8 cm³/mol. The maximum atomic E-state index is 12.5. The molecule has 6 heteroatoms. The monoisotopic (exact) mass is 313 g/mol. The fraction of sp³-hybridized carbons (Fsp3) is 0.188. The molecule has 0 aliphatic heterocycles. The number of hydrogen-bond donors (Lipinski definition) is 0. The van der Waals surface area contributed by atoms with E-state index in [-0.39, 0.29) is 5.56 Å². The van der Waals surface area contributed by atoms with Crippen molar-refractivity contribution >= 4 is 27.5 Å². The van der Waals surface area contributed by atoms with Crippen LogP contribution in [0.5, 0.6) is 0 Å². The van der Waals surface area contributed by atoms with Crippen LogP contribution in [0.3, 0.4) is 0 Å². The first-order valence-corrected chi connectivity index (χ1v) is 7.59. The second-order valence-corrected chi connectivity index (χ2v) is 6.04. The van der Waals surface area contributed by atoms with Crippen molar-refractivity contribution < 1.29 is 9.90 Å². The van der Waals surface area contributed by atoms with Crippen LogP contribution in [0.4, 0.5) is 0 Å². The number of carbonyl (C=O) groups is 1. The topological polar surface area (TPSA) is 75.0 Å². The summed E-state index contributed by atoms with van der Waals surface area (Å²) in [7, 11) is 0. The number of aryl methyl sites for hydroxylation is 2. The molecule has 0 fully saturated rings. The van der Waals surface area contributed by atoms with Gasteiger partial charge in [-0.3, -0.25) is 9.36 Å². The summed E-state index contributed by atoms with van der Waals surface area (Å²) in [5.74, 6) is -1.31. The molecule has 0 amide bonds. The van der Waals surface area contributed by atoms with Gasteiger partial charge in [0.1, 0.15) is 4.83 Å². The zero-order chi connectivity index (χ0) is 15.9. The lowest BCUT2D eigenvalue weighted by molar-refractivity contribution is -0.306. The summed E-state index contributed by atoms with van der Waals surface area (Å²) in [6, 6.07) is 5.98. The Balaban J connectivity index is 2.24. The van der Waals surface area contributed by atoms with Crippen LogP contribution in [-0.4, -0.2) is 15.5 Å². The Morgan fingerprint density at radius 1 is 1.32 bits per heavy atom. The van der Waals surface area contributed by atoms with Gasteiger partial charge in [0.05, 0.1) is 24.2 Å². The van der Waals surface area contributed by atoms with E-state index in [1.165, 1.54) is 23.2 Å². The lowest BCUT2D eigenvalue weighted by Gasteiger charge is -2.07. The second kappa shape index (κ2) is 5.38. The van der Waals surface area contributed by atoms with Crippen LogP contribution in [0.15, 0.2) is 34.7 Å². The molecule has 2 heterocycles. The highest BCUT2D eigenvalue weighted by Crippen LogP contribution is 2.31. The summed E-state index contributed by atoms with van der Waals surface area (Å²) in [5, 5.41) is 13.1. The van der Waals surface area contributed by atoms with Crippen LogP contribution < -0.4 is 10.7 Å². The van der Waals surface area contributed by atoms with Crippen LogP contribution in [0.1, 0.15) is 11.1 Å². The number of benzene rings is 1. The number of fused-ring (bicyclic) bond motifs is 1.